The van der Waals surface area contributed by atoms with Crippen molar-refractivity contribution in [1.29, 1.82) is 0 Å². The van der Waals surface area contributed by atoms with E-state index in [0.717, 1.165) is 18.8 Å². The molecule has 0 radical (unpaired) electrons. The van der Waals surface area contributed by atoms with Gasteiger partial charge in [0.25, 0.3) is 0 Å². The maximum absolute atomic E-state index is 6.61. The number of aryl methyl sites for hydroxylation is 1. The molecule has 1 nitrogen and oxygen atoms in total. The molecular formula is C15H25NS. The standard InChI is InChI=1S/C15H25NS/c1-11-9-13(10-17-11)15(16)7-5-12(6-8-15)14(2,3)4/h9-10,12H,5-8,16H2,1-4H3. The normalized spacial score (nSPS) is 30.5. The van der Waals surface area contributed by atoms with Crippen LogP contribution in [0.2, 0.25) is 0 Å². The average Bonchev–Trinajstić information content (AvgIpc) is 2.65. The van der Waals surface area contributed by atoms with Crippen LogP contribution in [0.3, 0.4) is 0 Å². The molecular weight excluding hydrogens is 226 g/mol. The first-order valence-corrected chi connectivity index (χ1v) is 7.54. The fourth-order valence-electron chi connectivity index (χ4n) is 2.99. The molecule has 0 saturated heterocycles. The summed E-state index contributed by atoms with van der Waals surface area (Å²) in [4.78, 5) is 1.38. The van der Waals surface area contributed by atoms with Crippen molar-refractivity contribution in [1.82, 2.24) is 0 Å². The Labute approximate surface area is 109 Å². The molecule has 2 heteroatoms. The molecule has 0 unspecified atom stereocenters. The second kappa shape index (κ2) is 4.40. The zero-order valence-corrected chi connectivity index (χ0v) is 12.4. The monoisotopic (exact) mass is 251 g/mol. The molecule has 0 bridgehead atoms. The summed E-state index contributed by atoms with van der Waals surface area (Å²) in [6.07, 6.45) is 4.83. The molecule has 0 amide bonds. The van der Waals surface area contributed by atoms with E-state index >= 15 is 0 Å². The Morgan fingerprint density at radius 1 is 1.29 bits per heavy atom. The van der Waals surface area contributed by atoms with Gasteiger partial charge < -0.3 is 5.73 Å². The largest absolute Gasteiger partial charge is 0.321 e. The van der Waals surface area contributed by atoms with Crippen LogP contribution in [0.1, 0.15) is 56.9 Å². The van der Waals surface area contributed by atoms with Gasteiger partial charge in [0.15, 0.2) is 0 Å². The molecule has 0 aromatic carbocycles. The highest BCUT2D eigenvalue weighted by molar-refractivity contribution is 7.10. The minimum atomic E-state index is -0.0491. The summed E-state index contributed by atoms with van der Waals surface area (Å²) in [7, 11) is 0. The molecule has 2 rings (SSSR count). The lowest BCUT2D eigenvalue weighted by Gasteiger charge is -2.42. The van der Waals surface area contributed by atoms with Gasteiger partial charge >= 0.3 is 0 Å². The van der Waals surface area contributed by atoms with E-state index in [-0.39, 0.29) is 5.54 Å². The van der Waals surface area contributed by atoms with Gasteiger partial charge in [-0.15, -0.1) is 11.3 Å². The minimum absolute atomic E-state index is 0.0491. The van der Waals surface area contributed by atoms with Crippen molar-refractivity contribution in [2.45, 2.75) is 58.9 Å². The highest BCUT2D eigenvalue weighted by atomic mass is 32.1. The van der Waals surface area contributed by atoms with Crippen LogP contribution in [0, 0.1) is 18.3 Å². The molecule has 1 aliphatic carbocycles. The lowest BCUT2D eigenvalue weighted by atomic mass is 9.66. The van der Waals surface area contributed by atoms with Crippen molar-refractivity contribution in [3.8, 4) is 0 Å². The highest BCUT2D eigenvalue weighted by Crippen LogP contribution is 2.44. The number of hydrogen-bond acceptors (Lipinski definition) is 2. The lowest BCUT2D eigenvalue weighted by Crippen LogP contribution is -2.42. The molecule has 0 spiro atoms. The van der Waals surface area contributed by atoms with Crippen molar-refractivity contribution in [2.75, 3.05) is 0 Å². The van der Waals surface area contributed by atoms with E-state index in [0.29, 0.717) is 5.41 Å². The summed E-state index contributed by atoms with van der Waals surface area (Å²) in [6.45, 7) is 9.24. The molecule has 1 fully saturated rings. The Balaban J connectivity index is 2.07. The molecule has 17 heavy (non-hydrogen) atoms. The first-order chi connectivity index (χ1) is 7.81. The maximum atomic E-state index is 6.61. The van der Waals surface area contributed by atoms with E-state index in [1.165, 1.54) is 23.3 Å². The molecule has 0 atom stereocenters. The molecule has 0 aliphatic heterocycles. The Bertz CT molecular complexity index is 378. The predicted octanol–water partition coefficient (Wildman–Crippen LogP) is 4.45. The third-order valence-corrected chi connectivity index (χ3v) is 5.27. The second-order valence-electron chi connectivity index (χ2n) is 6.74. The fourth-order valence-corrected chi connectivity index (χ4v) is 3.80. The van der Waals surface area contributed by atoms with Crippen LogP contribution < -0.4 is 5.73 Å². The van der Waals surface area contributed by atoms with E-state index in [4.69, 9.17) is 5.73 Å². The van der Waals surface area contributed by atoms with Gasteiger partial charge in [-0.1, -0.05) is 20.8 Å². The van der Waals surface area contributed by atoms with Crippen LogP contribution in [0.25, 0.3) is 0 Å². The third kappa shape index (κ3) is 2.74. The lowest BCUT2D eigenvalue weighted by molar-refractivity contribution is 0.134. The van der Waals surface area contributed by atoms with E-state index in [2.05, 4.69) is 39.1 Å². The van der Waals surface area contributed by atoms with Gasteiger partial charge in [-0.2, -0.15) is 0 Å². The second-order valence-corrected chi connectivity index (χ2v) is 7.86. The van der Waals surface area contributed by atoms with E-state index in [1.54, 1.807) is 0 Å². The van der Waals surface area contributed by atoms with E-state index < -0.39 is 0 Å². The molecule has 96 valence electrons. The Morgan fingerprint density at radius 2 is 1.88 bits per heavy atom. The van der Waals surface area contributed by atoms with Crippen LogP contribution in [0.15, 0.2) is 11.4 Å². The Kier molecular flexibility index (Phi) is 3.39. The summed E-state index contributed by atoms with van der Waals surface area (Å²) in [6, 6.07) is 2.28. The van der Waals surface area contributed by atoms with Crippen molar-refractivity contribution in [3.05, 3.63) is 21.9 Å². The van der Waals surface area contributed by atoms with Crippen LogP contribution >= 0.6 is 11.3 Å². The van der Waals surface area contributed by atoms with Gasteiger partial charge in [-0.3, -0.25) is 0 Å². The molecule has 1 heterocycles. The fraction of sp³-hybridized carbons (Fsp3) is 0.733. The summed E-state index contributed by atoms with van der Waals surface area (Å²) >= 11 is 1.82. The topological polar surface area (TPSA) is 26.0 Å². The van der Waals surface area contributed by atoms with Gasteiger partial charge in [-0.05, 0) is 60.9 Å². The van der Waals surface area contributed by atoms with Crippen molar-refractivity contribution >= 4 is 11.3 Å². The van der Waals surface area contributed by atoms with Crippen molar-refractivity contribution < 1.29 is 0 Å². The predicted molar refractivity (Wildman–Crippen MR) is 76.3 cm³/mol. The summed E-state index contributed by atoms with van der Waals surface area (Å²) < 4.78 is 0. The Morgan fingerprint density at radius 3 is 2.29 bits per heavy atom. The van der Waals surface area contributed by atoms with Gasteiger partial charge in [0, 0.05) is 10.4 Å². The van der Waals surface area contributed by atoms with Gasteiger partial charge in [0.1, 0.15) is 0 Å². The van der Waals surface area contributed by atoms with Crippen LogP contribution in [0.4, 0.5) is 0 Å². The van der Waals surface area contributed by atoms with Gasteiger partial charge in [0.05, 0.1) is 0 Å². The van der Waals surface area contributed by atoms with Gasteiger partial charge in [-0.25, -0.2) is 0 Å². The SMILES string of the molecule is Cc1cc(C2(N)CCC(C(C)(C)C)CC2)cs1. The number of hydrogen-bond donors (Lipinski definition) is 1. The first-order valence-electron chi connectivity index (χ1n) is 6.66. The van der Waals surface area contributed by atoms with E-state index in [1.807, 2.05) is 11.3 Å². The van der Waals surface area contributed by atoms with Crippen LogP contribution in [0.5, 0.6) is 0 Å². The van der Waals surface area contributed by atoms with Crippen LogP contribution in [-0.2, 0) is 5.54 Å². The molecule has 1 saturated carbocycles. The summed E-state index contributed by atoms with van der Waals surface area (Å²) in [5.74, 6) is 0.832. The highest BCUT2D eigenvalue weighted by Gasteiger charge is 2.37. The number of thiophene rings is 1. The Hall–Kier alpha value is -0.340. The first kappa shape index (κ1) is 13.1. The quantitative estimate of drug-likeness (QED) is 0.784. The molecule has 1 aliphatic rings. The van der Waals surface area contributed by atoms with Crippen molar-refractivity contribution in [2.24, 2.45) is 17.1 Å². The molecule has 2 N–H and O–H groups in total. The summed E-state index contributed by atoms with van der Waals surface area (Å²) in [5.41, 5.74) is 8.36. The van der Waals surface area contributed by atoms with Crippen LogP contribution in [-0.4, -0.2) is 0 Å². The maximum Gasteiger partial charge on any atom is 0.0418 e. The van der Waals surface area contributed by atoms with E-state index in [9.17, 15) is 0 Å². The zero-order chi connectivity index (χ0) is 12.7. The zero-order valence-electron chi connectivity index (χ0n) is 11.5. The third-order valence-electron chi connectivity index (χ3n) is 4.41. The minimum Gasteiger partial charge on any atom is -0.321 e. The number of rotatable bonds is 1. The molecule has 1 aromatic rings. The molecule has 1 aromatic heterocycles. The average molecular weight is 251 g/mol. The van der Waals surface area contributed by atoms with Crippen molar-refractivity contribution in [3.63, 3.8) is 0 Å². The number of nitrogens with two attached hydrogens (primary N) is 1. The smallest absolute Gasteiger partial charge is 0.0418 e. The van der Waals surface area contributed by atoms with Gasteiger partial charge in [0.2, 0.25) is 0 Å². The summed E-state index contributed by atoms with van der Waals surface area (Å²) in [5, 5.41) is 2.26.